The third-order valence-corrected chi connectivity index (χ3v) is 2.59. The van der Waals surface area contributed by atoms with E-state index in [1.54, 1.807) is 6.92 Å². The van der Waals surface area contributed by atoms with Crippen LogP contribution in [0.25, 0.3) is 0 Å². The van der Waals surface area contributed by atoms with Crippen LogP contribution in [0.3, 0.4) is 0 Å². The van der Waals surface area contributed by atoms with Gasteiger partial charge in [-0.2, -0.15) is 0 Å². The number of ketones is 1. The van der Waals surface area contributed by atoms with E-state index in [1.807, 2.05) is 6.92 Å². The van der Waals surface area contributed by atoms with E-state index in [0.717, 1.165) is 18.4 Å². The molecule has 1 heteroatoms. The fourth-order valence-electron chi connectivity index (χ4n) is 1.30. The van der Waals surface area contributed by atoms with Crippen molar-refractivity contribution in [1.29, 1.82) is 0 Å². The minimum Gasteiger partial charge on any atom is -0.295 e. The van der Waals surface area contributed by atoms with Gasteiger partial charge in [0.1, 0.15) is 0 Å². The summed E-state index contributed by atoms with van der Waals surface area (Å²) in [6, 6.07) is 0. The second kappa shape index (κ2) is 7.44. The van der Waals surface area contributed by atoms with Crippen LogP contribution in [-0.2, 0) is 4.79 Å². The molecule has 1 unspecified atom stereocenters. The Labute approximate surface area is 94.3 Å². The van der Waals surface area contributed by atoms with E-state index in [9.17, 15) is 4.79 Å². The van der Waals surface area contributed by atoms with Gasteiger partial charge in [-0.15, -0.1) is 0 Å². The summed E-state index contributed by atoms with van der Waals surface area (Å²) in [5.74, 6) is 0.849. The number of Topliss-reactive ketones (excluding diaryl/α,β-unsaturated/α-hetero) is 1. The molecule has 0 aliphatic carbocycles. The minimum absolute atomic E-state index is 0.187. The zero-order chi connectivity index (χ0) is 11.8. The predicted molar refractivity (Wildman–Crippen MR) is 66.9 cm³/mol. The first kappa shape index (κ1) is 14.2. The summed E-state index contributed by atoms with van der Waals surface area (Å²) >= 11 is 0. The van der Waals surface area contributed by atoms with Crippen LogP contribution in [0.5, 0.6) is 0 Å². The molecule has 0 aromatic heterocycles. The minimum atomic E-state index is 0.187. The standard InChI is InChI=1S/C14H24O/c1-11(2)7-6-8-12(3)9-10-13(4)14(5)15/h7,10,12H,6,8-9H2,1-5H3/b13-10+. The largest absolute Gasteiger partial charge is 0.295 e. The van der Waals surface area contributed by atoms with Crippen molar-refractivity contribution in [2.45, 2.75) is 53.9 Å². The molecule has 0 N–H and O–H groups in total. The molecule has 0 aromatic carbocycles. The lowest BCUT2D eigenvalue weighted by Crippen LogP contribution is -1.96. The smallest absolute Gasteiger partial charge is 0.155 e. The fourth-order valence-corrected chi connectivity index (χ4v) is 1.30. The van der Waals surface area contributed by atoms with Gasteiger partial charge in [-0.3, -0.25) is 4.79 Å². The van der Waals surface area contributed by atoms with Gasteiger partial charge in [-0.25, -0.2) is 0 Å². The number of allylic oxidation sites excluding steroid dienone is 4. The van der Waals surface area contributed by atoms with E-state index < -0.39 is 0 Å². The molecule has 1 atom stereocenters. The lowest BCUT2D eigenvalue weighted by molar-refractivity contribution is -0.113. The SMILES string of the molecule is CC(=O)/C(C)=C/CC(C)CCC=C(C)C. The van der Waals surface area contributed by atoms with Crippen LogP contribution in [0.2, 0.25) is 0 Å². The third-order valence-electron chi connectivity index (χ3n) is 2.59. The Hall–Kier alpha value is -0.850. The van der Waals surface area contributed by atoms with Crippen molar-refractivity contribution in [1.82, 2.24) is 0 Å². The summed E-state index contributed by atoms with van der Waals surface area (Å²) in [6.45, 7) is 10.0. The summed E-state index contributed by atoms with van der Waals surface area (Å²) in [6.07, 6.45) is 7.71. The van der Waals surface area contributed by atoms with Gasteiger partial charge in [0.25, 0.3) is 0 Å². The van der Waals surface area contributed by atoms with Gasteiger partial charge >= 0.3 is 0 Å². The highest BCUT2D eigenvalue weighted by Crippen LogP contribution is 2.13. The van der Waals surface area contributed by atoms with E-state index >= 15 is 0 Å². The van der Waals surface area contributed by atoms with E-state index in [2.05, 4.69) is 32.9 Å². The second-order valence-corrected chi connectivity index (χ2v) is 4.64. The number of hydrogen-bond acceptors (Lipinski definition) is 1. The van der Waals surface area contributed by atoms with E-state index in [-0.39, 0.29) is 5.78 Å². The topological polar surface area (TPSA) is 17.1 Å². The molecule has 0 heterocycles. The summed E-state index contributed by atoms with van der Waals surface area (Å²) in [4.78, 5) is 11.0. The van der Waals surface area contributed by atoms with E-state index in [4.69, 9.17) is 0 Å². The Morgan fingerprint density at radius 3 is 2.20 bits per heavy atom. The van der Waals surface area contributed by atoms with Crippen LogP contribution in [-0.4, -0.2) is 5.78 Å². The molecule has 0 bridgehead atoms. The number of carbonyl (C=O) groups is 1. The van der Waals surface area contributed by atoms with Crippen LogP contribution in [0.15, 0.2) is 23.3 Å². The van der Waals surface area contributed by atoms with Crippen molar-refractivity contribution in [3.63, 3.8) is 0 Å². The van der Waals surface area contributed by atoms with Crippen LogP contribution < -0.4 is 0 Å². The van der Waals surface area contributed by atoms with Crippen LogP contribution in [0.4, 0.5) is 0 Å². The van der Waals surface area contributed by atoms with Crippen molar-refractivity contribution < 1.29 is 4.79 Å². The number of hydrogen-bond donors (Lipinski definition) is 0. The van der Waals surface area contributed by atoms with Crippen molar-refractivity contribution >= 4 is 5.78 Å². The Kier molecular flexibility index (Phi) is 7.02. The Morgan fingerprint density at radius 1 is 1.13 bits per heavy atom. The highest BCUT2D eigenvalue weighted by atomic mass is 16.1. The van der Waals surface area contributed by atoms with Crippen molar-refractivity contribution in [2.24, 2.45) is 5.92 Å². The lowest BCUT2D eigenvalue weighted by Gasteiger charge is -2.07. The Balaban J connectivity index is 3.85. The molecule has 0 fully saturated rings. The van der Waals surface area contributed by atoms with Crippen molar-refractivity contribution in [2.75, 3.05) is 0 Å². The maximum atomic E-state index is 11.0. The number of carbonyl (C=O) groups excluding carboxylic acids is 1. The average Bonchev–Trinajstić information content (AvgIpc) is 2.13. The molecule has 0 saturated carbocycles. The molecule has 0 amide bonds. The van der Waals surface area contributed by atoms with Gasteiger partial charge in [0.2, 0.25) is 0 Å². The molecule has 0 aromatic rings. The maximum absolute atomic E-state index is 11.0. The Bertz CT molecular complexity index is 255. The highest BCUT2D eigenvalue weighted by molar-refractivity contribution is 5.92. The summed E-state index contributed by atoms with van der Waals surface area (Å²) in [5.41, 5.74) is 2.28. The molecule has 15 heavy (non-hydrogen) atoms. The molecule has 86 valence electrons. The van der Waals surface area contributed by atoms with Crippen molar-refractivity contribution in [3.05, 3.63) is 23.3 Å². The molecule has 0 rings (SSSR count). The van der Waals surface area contributed by atoms with Gasteiger partial charge in [-0.1, -0.05) is 24.6 Å². The number of rotatable bonds is 6. The maximum Gasteiger partial charge on any atom is 0.155 e. The highest BCUT2D eigenvalue weighted by Gasteiger charge is 2.00. The molecule has 0 saturated heterocycles. The molecule has 1 nitrogen and oxygen atoms in total. The lowest BCUT2D eigenvalue weighted by atomic mass is 9.99. The first-order valence-electron chi connectivity index (χ1n) is 5.74. The fraction of sp³-hybridized carbons (Fsp3) is 0.643. The first-order valence-corrected chi connectivity index (χ1v) is 5.74. The molecular weight excluding hydrogens is 184 g/mol. The first-order chi connectivity index (χ1) is 6.93. The average molecular weight is 208 g/mol. The third kappa shape index (κ3) is 8.17. The zero-order valence-electron chi connectivity index (χ0n) is 10.8. The molecule has 0 spiro atoms. The quantitative estimate of drug-likeness (QED) is 0.470. The molecule has 0 aliphatic rings. The summed E-state index contributed by atoms with van der Waals surface area (Å²) in [7, 11) is 0. The van der Waals surface area contributed by atoms with Gasteiger partial charge in [-0.05, 0) is 58.4 Å². The van der Waals surface area contributed by atoms with Gasteiger partial charge in [0.15, 0.2) is 5.78 Å². The predicted octanol–water partition coefficient (Wildman–Crippen LogP) is 4.29. The van der Waals surface area contributed by atoms with Crippen LogP contribution in [0.1, 0.15) is 53.9 Å². The normalized spacial score (nSPS) is 13.5. The zero-order valence-corrected chi connectivity index (χ0v) is 10.8. The van der Waals surface area contributed by atoms with Crippen molar-refractivity contribution in [3.8, 4) is 0 Å². The van der Waals surface area contributed by atoms with E-state index in [0.29, 0.717) is 5.92 Å². The van der Waals surface area contributed by atoms with Crippen LogP contribution in [0, 0.1) is 5.92 Å². The van der Waals surface area contributed by atoms with Gasteiger partial charge < -0.3 is 0 Å². The monoisotopic (exact) mass is 208 g/mol. The Morgan fingerprint density at radius 2 is 1.73 bits per heavy atom. The molecular formula is C14H24O. The molecule has 0 aliphatic heterocycles. The van der Waals surface area contributed by atoms with E-state index in [1.165, 1.54) is 12.0 Å². The summed E-state index contributed by atoms with van der Waals surface area (Å²) in [5, 5.41) is 0. The molecule has 0 radical (unpaired) electrons. The second-order valence-electron chi connectivity index (χ2n) is 4.64. The van der Waals surface area contributed by atoms with Crippen LogP contribution >= 0.6 is 0 Å². The summed E-state index contributed by atoms with van der Waals surface area (Å²) < 4.78 is 0. The van der Waals surface area contributed by atoms with Gasteiger partial charge in [0, 0.05) is 0 Å². The van der Waals surface area contributed by atoms with Gasteiger partial charge in [0.05, 0.1) is 0 Å².